The maximum Gasteiger partial charge on any atom is 0.00708 e. The molecule has 0 spiro atoms. The van der Waals surface area contributed by atoms with Gasteiger partial charge in [-0.05, 0) is 25.3 Å². The molecule has 0 aromatic carbocycles. The highest BCUT2D eigenvalue weighted by Gasteiger charge is 2.01. The predicted octanol–water partition coefficient (Wildman–Crippen LogP) is 2.66. The van der Waals surface area contributed by atoms with E-state index in [2.05, 4.69) is 26.2 Å². The summed E-state index contributed by atoms with van der Waals surface area (Å²) in [5.74, 6) is 0.390. The van der Waals surface area contributed by atoms with Crippen molar-refractivity contribution in [3.05, 3.63) is 36.5 Å². The molecule has 12 heavy (non-hydrogen) atoms. The van der Waals surface area contributed by atoms with Crippen LogP contribution in [-0.2, 0) is 0 Å². The molecule has 2 atom stereocenters. The van der Waals surface area contributed by atoms with E-state index >= 15 is 0 Å². The molecule has 0 saturated carbocycles. The van der Waals surface area contributed by atoms with Gasteiger partial charge in [0.2, 0.25) is 0 Å². The van der Waals surface area contributed by atoms with Crippen molar-refractivity contribution in [3.8, 4) is 0 Å². The first-order valence-electron chi connectivity index (χ1n) is 4.23. The molecule has 0 saturated heterocycles. The van der Waals surface area contributed by atoms with Gasteiger partial charge < -0.3 is 5.73 Å². The zero-order valence-corrected chi connectivity index (χ0v) is 8.30. The lowest BCUT2D eigenvalue weighted by atomic mass is 10.0. The number of hydrogen-bond acceptors (Lipinski definition) is 1. The first kappa shape index (κ1) is 11.2. The van der Waals surface area contributed by atoms with Crippen LogP contribution in [0, 0.1) is 5.92 Å². The van der Waals surface area contributed by atoms with Gasteiger partial charge in [0.05, 0.1) is 0 Å². The molecule has 0 heterocycles. The molecule has 0 fully saturated rings. The van der Waals surface area contributed by atoms with Crippen molar-refractivity contribution in [2.75, 3.05) is 0 Å². The standard InChI is InChI=1S/C11H19N/c1-8(2)9(3)6-7-10(4)11(5)12/h6-7,10-11H,1,3,12H2,2,4-5H3/b7-6-. The van der Waals surface area contributed by atoms with E-state index in [1.165, 1.54) is 0 Å². The molecule has 0 aliphatic heterocycles. The summed E-state index contributed by atoms with van der Waals surface area (Å²) in [7, 11) is 0. The number of nitrogens with two attached hydrogens (primary N) is 1. The average Bonchev–Trinajstić information content (AvgIpc) is 1.98. The van der Waals surface area contributed by atoms with Crippen molar-refractivity contribution < 1.29 is 0 Å². The second kappa shape index (κ2) is 4.94. The van der Waals surface area contributed by atoms with Gasteiger partial charge >= 0.3 is 0 Å². The van der Waals surface area contributed by atoms with Crippen LogP contribution in [0.1, 0.15) is 20.8 Å². The molecule has 0 radical (unpaired) electrons. The Morgan fingerprint density at radius 3 is 2.17 bits per heavy atom. The van der Waals surface area contributed by atoms with Gasteiger partial charge in [-0.1, -0.05) is 37.8 Å². The lowest BCUT2D eigenvalue weighted by molar-refractivity contribution is 0.582. The van der Waals surface area contributed by atoms with Gasteiger partial charge in [-0.15, -0.1) is 0 Å². The number of rotatable bonds is 4. The third-order valence-corrected chi connectivity index (χ3v) is 1.98. The summed E-state index contributed by atoms with van der Waals surface area (Å²) < 4.78 is 0. The normalized spacial score (nSPS) is 16.0. The molecule has 1 nitrogen and oxygen atoms in total. The van der Waals surface area contributed by atoms with Gasteiger partial charge in [0, 0.05) is 6.04 Å². The molecule has 0 aliphatic carbocycles. The van der Waals surface area contributed by atoms with E-state index in [4.69, 9.17) is 5.73 Å². The smallest absolute Gasteiger partial charge is 0.00708 e. The second-order valence-corrected chi connectivity index (χ2v) is 3.38. The van der Waals surface area contributed by atoms with Crippen molar-refractivity contribution in [1.82, 2.24) is 0 Å². The Bertz CT molecular complexity index is 199. The first-order chi connectivity index (χ1) is 5.45. The Morgan fingerprint density at radius 1 is 1.33 bits per heavy atom. The lowest BCUT2D eigenvalue weighted by Crippen LogP contribution is -2.22. The van der Waals surface area contributed by atoms with Gasteiger partial charge in [-0.25, -0.2) is 0 Å². The van der Waals surface area contributed by atoms with Crippen LogP contribution < -0.4 is 5.73 Å². The largest absolute Gasteiger partial charge is 0.327 e. The zero-order chi connectivity index (χ0) is 9.72. The van der Waals surface area contributed by atoms with Crippen molar-refractivity contribution in [3.63, 3.8) is 0 Å². The highest BCUT2D eigenvalue weighted by atomic mass is 14.6. The predicted molar refractivity (Wildman–Crippen MR) is 55.9 cm³/mol. The van der Waals surface area contributed by atoms with Crippen LogP contribution in [0.4, 0.5) is 0 Å². The number of hydrogen-bond donors (Lipinski definition) is 1. The summed E-state index contributed by atoms with van der Waals surface area (Å²) >= 11 is 0. The molecule has 2 N–H and O–H groups in total. The van der Waals surface area contributed by atoms with E-state index in [0.717, 1.165) is 11.1 Å². The fourth-order valence-corrected chi connectivity index (χ4v) is 0.585. The molecule has 68 valence electrons. The molecule has 1 heteroatoms. The molecule has 0 aromatic rings. The fourth-order valence-electron chi connectivity index (χ4n) is 0.585. The molecule has 0 aliphatic rings. The molecular weight excluding hydrogens is 146 g/mol. The summed E-state index contributed by atoms with van der Waals surface area (Å²) in [6.07, 6.45) is 4.05. The van der Waals surface area contributed by atoms with Gasteiger partial charge in [0.1, 0.15) is 0 Å². The topological polar surface area (TPSA) is 26.0 Å². The third-order valence-electron chi connectivity index (χ3n) is 1.98. The van der Waals surface area contributed by atoms with Crippen LogP contribution >= 0.6 is 0 Å². The van der Waals surface area contributed by atoms with Crippen LogP contribution in [0.2, 0.25) is 0 Å². The monoisotopic (exact) mass is 165 g/mol. The maximum absolute atomic E-state index is 5.69. The van der Waals surface area contributed by atoms with E-state index in [-0.39, 0.29) is 6.04 Å². The van der Waals surface area contributed by atoms with E-state index in [0.29, 0.717) is 5.92 Å². The third kappa shape index (κ3) is 4.14. The van der Waals surface area contributed by atoms with Crippen LogP contribution in [0.5, 0.6) is 0 Å². The summed E-state index contributed by atoms with van der Waals surface area (Å²) in [5.41, 5.74) is 7.67. The molecule has 0 rings (SSSR count). The van der Waals surface area contributed by atoms with Gasteiger partial charge in [0.15, 0.2) is 0 Å². The Morgan fingerprint density at radius 2 is 1.83 bits per heavy atom. The van der Waals surface area contributed by atoms with E-state index in [9.17, 15) is 0 Å². The van der Waals surface area contributed by atoms with E-state index < -0.39 is 0 Å². The molecule has 2 unspecified atom stereocenters. The minimum absolute atomic E-state index is 0.194. The summed E-state index contributed by atoms with van der Waals surface area (Å²) in [5, 5.41) is 0. The van der Waals surface area contributed by atoms with E-state index in [1.54, 1.807) is 0 Å². The molecular formula is C11H19N. The summed E-state index contributed by atoms with van der Waals surface area (Å²) in [4.78, 5) is 0. The molecule has 0 aromatic heterocycles. The Balaban J connectivity index is 4.07. The molecule has 0 bridgehead atoms. The number of allylic oxidation sites excluding steroid dienone is 3. The van der Waals surface area contributed by atoms with Gasteiger partial charge in [-0.3, -0.25) is 0 Å². The van der Waals surface area contributed by atoms with Crippen molar-refractivity contribution in [2.45, 2.75) is 26.8 Å². The Hall–Kier alpha value is -0.820. The SMILES string of the molecule is C=C(C)C(=C)/C=C\C(C)C(C)N. The van der Waals surface area contributed by atoms with Crippen LogP contribution in [0.15, 0.2) is 36.5 Å². The van der Waals surface area contributed by atoms with Crippen molar-refractivity contribution in [1.29, 1.82) is 0 Å². The second-order valence-electron chi connectivity index (χ2n) is 3.38. The van der Waals surface area contributed by atoms with Crippen molar-refractivity contribution in [2.24, 2.45) is 11.7 Å². The maximum atomic E-state index is 5.69. The summed E-state index contributed by atoms with van der Waals surface area (Å²) in [6, 6.07) is 0.194. The molecule has 0 amide bonds. The highest BCUT2D eigenvalue weighted by Crippen LogP contribution is 2.08. The average molecular weight is 165 g/mol. The van der Waals surface area contributed by atoms with Crippen LogP contribution in [0.3, 0.4) is 0 Å². The highest BCUT2D eigenvalue weighted by molar-refractivity contribution is 5.33. The van der Waals surface area contributed by atoms with Crippen LogP contribution in [0.25, 0.3) is 0 Å². The fraction of sp³-hybridized carbons (Fsp3) is 0.455. The van der Waals surface area contributed by atoms with Gasteiger partial charge in [-0.2, -0.15) is 0 Å². The Kier molecular flexibility index (Phi) is 4.60. The minimum atomic E-state index is 0.194. The van der Waals surface area contributed by atoms with Crippen LogP contribution in [-0.4, -0.2) is 6.04 Å². The minimum Gasteiger partial charge on any atom is -0.327 e. The van der Waals surface area contributed by atoms with Crippen molar-refractivity contribution >= 4 is 0 Å². The Labute approximate surface area is 75.7 Å². The van der Waals surface area contributed by atoms with E-state index in [1.807, 2.05) is 19.9 Å². The van der Waals surface area contributed by atoms with Gasteiger partial charge in [0.25, 0.3) is 0 Å². The first-order valence-corrected chi connectivity index (χ1v) is 4.23. The zero-order valence-electron chi connectivity index (χ0n) is 8.30. The lowest BCUT2D eigenvalue weighted by Gasteiger charge is -2.10. The summed E-state index contributed by atoms with van der Waals surface area (Å²) in [6.45, 7) is 13.7. The quantitative estimate of drug-likeness (QED) is 0.637.